The van der Waals surface area contributed by atoms with Gasteiger partial charge in [-0.2, -0.15) is 0 Å². The molecule has 1 heterocycles. The van der Waals surface area contributed by atoms with Crippen LogP contribution in [0.1, 0.15) is 76.7 Å². The van der Waals surface area contributed by atoms with Crippen molar-refractivity contribution in [3.8, 4) is 0 Å². The molecular weight excluding hydrogens is 379 g/mol. The van der Waals surface area contributed by atoms with E-state index in [2.05, 4.69) is 11.9 Å². The number of imidazole rings is 1. The van der Waals surface area contributed by atoms with E-state index in [1.165, 1.54) is 69.9 Å². The molecule has 0 radical (unpaired) electrons. The van der Waals surface area contributed by atoms with E-state index in [0.29, 0.717) is 19.8 Å². The molecule has 0 aliphatic rings. The zero-order valence-corrected chi connectivity index (χ0v) is 18.6. The van der Waals surface area contributed by atoms with Gasteiger partial charge in [-0.25, -0.2) is 9.37 Å². The summed E-state index contributed by atoms with van der Waals surface area (Å²) in [6.07, 6.45) is 18.7. The zero-order valence-electron chi connectivity index (χ0n) is 18.6. The van der Waals surface area contributed by atoms with Crippen molar-refractivity contribution in [1.82, 2.24) is 9.55 Å². The summed E-state index contributed by atoms with van der Waals surface area (Å²) in [6, 6.07) is 6.44. The SMILES string of the molecule is CCCCCCCCCCCCOCC(Cn1ccnc1)OCc1ccc(F)cc1. The van der Waals surface area contributed by atoms with E-state index in [9.17, 15) is 4.39 Å². The molecule has 0 fully saturated rings. The Bertz CT molecular complexity index is 631. The lowest BCUT2D eigenvalue weighted by atomic mass is 10.1. The summed E-state index contributed by atoms with van der Waals surface area (Å²) in [7, 11) is 0. The van der Waals surface area contributed by atoms with E-state index < -0.39 is 0 Å². The summed E-state index contributed by atoms with van der Waals surface area (Å²) in [5, 5.41) is 0. The van der Waals surface area contributed by atoms with Gasteiger partial charge >= 0.3 is 0 Å². The predicted molar refractivity (Wildman–Crippen MR) is 120 cm³/mol. The van der Waals surface area contributed by atoms with Crippen LogP contribution in [0.2, 0.25) is 0 Å². The first-order valence-electron chi connectivity index (χ1n) is 11.7. The number of aromatic nitrogens is 2. The molecule has 1 unspecified atom stereocenters. The maximum Gasteiger partial charge on any atom is 0.123 e. The number of ether oxygens (including phenoxy) is 2. The summed E-state index contributed by atoms with van der Waals surface area (Å²) in [4.78, 5) is 4.09. The lowest BCUT2D eigenvalue weighted by molar-refractivity contribution is -0.0333. The van der Waals surface area contributed by atoms with Gasteiger partial charge in [0.25, 0.3) is 0 Å². The van der Waals surface area contributed by atoms with Crippen molar-refractivity contribution < 1.29 is 13.9 Å². The van der Waals surface area contributed by atoms with Crippen LogP contribution in [-0.4, -0.2) is 28.9 Å². The average molecular weight is 419 g/mol. The standard InChI is InChI=1S/C25H39FN2O2/c1-2-3-4-5-6-7-8-9-10-11-18-29-21-25(19-28-17-16-27-22-28)30-20-23-12-14-24(26)15-13-23/h12-17,22,25H,2-11,18-21H2,1H3. The summed E-state index contributed by atoms with van der Waals surface area (Å²) in [6.45, 7) is 4.73. The summed E-state index contributed by atoms with van der Waals surface area (Å²) < 4.78 is 27.0. The van der Waals surface area contributed by atoms with Crippen LogP contribution in [0, 0.1) is 5.82 Å². The Balaban J connectivity index is 1.56. The molecule has 1 aromatic heterocycles. The Hall–Kier alpha value is -1.72. The van der Waals surface area contributed by atoms with E-state index in [-0.39, 0.29) is 11.9 Å². The van der Waals surface area contributed by atoms with E-state index >= 15 is 0 Å². The number of hydrogen-bond donors (Lipinski definition) is 0. The first-order chi connectivity index (χ1) is 14.8. The molecule has 5 heteroatoms. The monoisotopic (exact) mass is 418 g/mol. The van der Waals surface area contributed by atoms with E-state index in [0.717, 1.165) is 18.6 Å². The maximum atomic E-state index is 13.1. The molecule has 0 aliphatic carbocycles. The van der Waals surface area contributed by atoms with E-state index in [1.54, 1.807) is 24.7 Å². The molecule has 0 saturated carbocycles. The van der Waals surface area contributed by atoms with Crippen molar-refractivity contribution in [2.75, 3.05) is 13.2 Å². The molecule has 0 aliphatic heterocycles. The highest BCUT2D eigenvalue weighted by Crippen LogP contribution is 2.11. The smallest absolute Gasteiger partial charge is 0.123 e. The van der Waals surface area contributed by atoms with Crippen molar-refractivity contribution in [1.29, 1.82) is 0 Å². The third kappa shape index (κ3) is 11.5. The van der Waals surface area contributed by atoms with Crippen molar-refractivity contribution in [2.45, 2.75) is 90.4 Å². The molecule has 168 valence electrons. The number of halogens is 1. The maximum absolute atomic E-state index is 13.1. The fourth-order valence-corrected chi connectivity index (χ4v) is 3.48. The van der Waals surface area contributed by atoms with Crippen LogP contribution in [0.25, 0.3) is 0 Å². The van der Waals surface area contributed by atoms with Gasteiger partial charge in [0.05, 0.1) is 32.2 Å². The molecule has 0 spiro atoms. The first kappa shape index (κ1) is 24.5. The molecule has 30 heavy (non-hydrogen) atoms. The topological polar surface area (TPSA) is 36.3 Å². The third-order valence-corrected chi connectivity index (χ3v) is 5.32. The number of hydrogen-bond acceptors (Lipinski definition) is 3. The largest absolute Gasteiger partial charge is 0.379 e. The lowest BCUT2D eigenvalue weighted by Gasteiger charge is -2.19. The Morgan fingerprint density at radius 1 is 0.933 bits per heavy atom. The van der Waals surface area contributed by atoms with Gasteiger partial charge in [0.15, 0.2) is 0 Å². The van der Waals surface area contributed by atoms with Crippen molar-refractivity contribution >= 4 is 0 Å². The molecule has 4 nitrogen and oxygen atoms in total. The highest BCUT2D eigenvalue weighted by molar-refractivity contribution is 5.14. The Kier molecular flexibility index (Phi) is 13.1. The van der Waals surface area contributed by atoms with Crippen LogP contribution in [0.4, 0.5) is 4.39 Å². The number of nitrogens with zero attached hydrogens (tertiary/aromatic N) is 2. The number of unbranched alkanes of at least 4 members (excludes halogenated alkanes) is 9. The second-order valence-electron chi connectivity index (χ2n) is 8.08. The Morgan fingerprint density at radius 2 is 1.60 bits per heavy atom. The van der Waals surface area contributed by atoms with Gasteiger partial charge in [-0.3, -0.25) is 0 Å². The van der Waals surface area contributed by atoms with Crippen LogP contribution < -0.4 is 0 Å². The van der Waals surface area contributed by atoms with Crippen molar-refractivity contribution in [3.05, 3.63) is 54.4 Å². The quantitative estimate of drug-likeness (QED) is 0.258. The summed E-state index contributed by atoms with van der Waals surface area (Å²) in [5.74, 6) is -0.228. The average Bonchev–Trinajstić information content (AvgIpc) is 3.27. The van der Waals surface area contributed by atoms with Crippen LogP contribution >= 0.6 is 0 Å². The molecule has 2 aromatic rings. The van der Waals surface area contributed by atoms with Gasteiger partial charge in [-0.15, -0.1) is 0 Å². The fourth-order valence-electron chi connectivity index (χ4n) is 3.48. The highest BCUT2D eigenvalue weighted by atomic mass is 19.1. The van der Waals surface area contributed by atoms with Crippen LogP contribution in [0.15, 0.2) is 43.0 Å². The van der Waals surface area contributed by atoms with Gasteiger partial charge in [0.1, 0.15) is 5.82 Å². The van der Waals surface area contributed by atoms with Crippen LogP contribution in [-0.2, 0) is 22.6 Å². The number of benzene rings is 1. The normalized spacial score (nSPS) is 12.3. The number of rotatable bonds is 18. The molecule has 0 amide bonds. The molecule has 1 aromatic carbocycles. The molecule has 1 atom stereocenters. The summed E-state index contributed by atoms with van der Waals surface area (Å²) in [5.41, 5.74) is 0.960. The van der Waals surface area contributed by atoms with Gasteiger partial charge < -0.3 is 14.0 Å². The zero-order chi connectivity index (χ0) is 21.3. The van der Waals surface area contributed by atoms with Gasteiger partial charge in [-0.1, -0.05) is 76.8 Å². The van der Waals surface area contributed by atoms with Crippen molar-refractivity contribution in [2.24, 2.45) is 0 Å². The lowest BCUT2D eigenvalue weighted by Crippen LogP contribution is -2.25. The summed E-state index contributed by atoms with van der Waals surface area (Å²) >= 11 is 0. The second kappa shape index (κ2) is 16.0. The predicted octanol–water partition coefficient (Wildman–Crippen LogP) is 6.55. The second-order valence-corrected chi connectivity index (χ2v) is 8.08. The minimum Gasteiger partial charge on any atom is -0.379 e. The molecule has 0 N–H and O–H groups in total. The minimum atomic E-state index is -0.228. The van der Waals surface area contributed by atoms with Gasteiger partial charge in [-0.05, 0) is 24.1 Å². The Morgan fingerprint density at radius 3 is 2.23 bits per heavy atom. The molecular formula is C25H39FN2O2. The van der Waals surface area contributed by atoms with Crippen LogP contribution in [0.3, 0.4) is 0 Å². The van der Waals surface area contributed by atoms with Crippen molar-refractivity contribution in [3.63, 3.8) is 0 Å². The first-order valence-corrected chi connectivity index (χ1v) is 11.7. The van der Waals surface area contributed by atoms with E-state index in [4.69, 9.17) is 9.47 Å². The fraction of sp³-hybridized carbons (Fsp3) is 0.640. The van der Waals surface area contributed by atoms with Crippen LogP contribution in [0.5, 0.6) is 0 Å². The highest BCUT2D eigenvalue weighted by Gasteiger charge is 2.11. The molecule has 0 bridgehead atoms. The molecule has 2 rings (SSSR count). The third-order valence-electron chi connectivity index (χ3n) is 5.32. The minimum absolute atomic E-state index is 0.0626. The Labute approximate surface area is 181 Å². The van der Waals surface area contributed by atoms with E-state index in [1.807, 2.05) is 10.8 Å². The van der Waals surface area contributed by atoms with Gasteiger partial charge in [0, 0.05) is 19.0 Å². The molecule has 0 saturated heterocycles. The van der Waals surface area contributed by atoms with Gasteiger partial charge in [0.2, 0.25) is 0 Å².